The van der Waals surface area contributed by atoms with Gasteiger partial charge in [-0.2, -0.15) is 0 Å². The number of aliphatic hydroxyl groups is 2. The average molecular weight is 186 g/mol. The predicted octanol–water partition coefficient (Wildman–Crippen LogP) is -1.30. The quantitative estimate of drug-likeness (QED) is 0.397. The van der Waals surface area contributed by atoms with E-state index in [0.717, 1.165) is 0 Å². The molecule has 0 heterocycles. The summed E-state index contributed by atoms with van der Waals surface area (Å²) in [6.45, 7) is -1.08. The second-order valence-corrected chi connectivity index (χ2v) is 3.26. The summed E-state index contributed by atoms with van der Waals surface area (Å²) in [6, 6.07) is 0. The first-order valence-electron chi connectivity index (χ1n) is 2.91. The van der Waals surface area contributed by atoms with Gasteiger partial charge in [-0.1, -0.05) is 0 Å². The van der Waals surface area contributed by atoms with Crippen molar-refractivity contribution < 1.29 is 29.1 Å². The zero-order chi connectivity index (χ0) is 8.91. The molecular formula is C4H11O6P. The van der Waals surface area contributed by atoms with Gasteiger partial charge in [0.25, 0.3) is 0 Å². The molecule has 4 N–H and O–H groups in total. The number of phosphoric acid groups is 1. The van der Waals surface area contributed by atoms with Gasteiger partial charge >= 0.3 is 7.82 Å². The minimum atomic E-state index is -4.47. The third-order valence-electron chi connectivity index (χ3n) is 0.995. The van der Waals surface area contributed by atoms with E-state index in [1.54, 1.807) is 0 Å². The van der Waals surface area contributed by atoms with Gasteiger partial charge in [0.2, 0.25) is 0 Å². The van der Waals surface area contributed by atoms with Crippen LogP contribution in [0.1, 0.15) is 0 Å². The van der Waals surface area contributed by atoms with Crippen LogP contribution in [-0.4, -0.2) is 39.8 Å². The summed E-state index contributed by atoms with van der Waals surface area (Å²) in [4.78, 5) is 16.4. The maximum atomic E-state index is 10.1. The molecule has 68 valence electrons. The van der Waals surface area contributed by atoms with Gasteiger partial charge in [0.1, 0.15) is 0 Å². The van der Waals surface area contributed by atoms with Crippen LogP contribution < -0.4 is 0 Å². The molecule has 0 rings (SSSR count). The van der Waals surface area contributed by atoms with E-state index in [0.29, 0.717) is 0 Å². The van der Waals surface area contributed by atoms with Gasteiger partial charge in [0.05, 0.1) is 19.8 Å². The Morgan fingerprint density at radius 1 is 1.27 bits per heavy atom. The lowest BCUT2D eigenvalue weighted by Crippen LogP contribution is -2.17. The van der Waals surface area contributed by atoms with E-state index in [9.17, 15) is 4.57 Å². The topological polar surface area (TPSA) is 107 Å². The fourth-order valence-electron chi connectivity index (χ4n) is 0.366. The molecule has 0 radical (unpaired) electrons. The summed E-state index contributed by atoms with van der Waals surface area (Å²) in [6.07, 6.45) is 0. The number of rotatable bonds is 5. The van der Waals surface area contributed by atoms with E-state index < -0.39 is 13.7 Å². The van der Waals surface area contributed by atoms with Crippen LogP contribution in [0.15, 0.2) is 0 Å². The van der Waals surface area contributed by atoms with Crippen molar-refractivity contribution in [3.8, 4) is 0 Å². The number of aliphatic hydroxyl groups excluding tert-OH is 2. The van der Waals surface area contributed by atoms with E-state index in [1.807, 2.05) is 0 Å². The Morgan fingerprint density at radius 3 is 2.00 bits per heavy atom. The smallest absolute Gasteiger partial charge is 0.396 e. The van der Waals surface area contributed by atoms with Crippen LogP contribution >= 0.6 is 7.82 Å². The van der Waals surface area contributed by atoms with E-state index in [4.69, 9.17) is 20.0 Å². The van der Waals surface area contributed by atoms with Crippen molar-refractivity contribution in [3.05, 3.63) is 0 Å². The van der Waals surface area contributed by atoms with Gasteiger partial charge in [-0.25, -0.2) is 4.57 Å². The van der Waals surface area contributed by atoms with Crippen molar-refractivity contribution in [3.63, 3.8) is 0 Å². The van der Waals surface area contributed by atoms with Crippen molar-refractivity contribution in [2.45, 2.75) is 0 Å². The molecule has 0 aromatic carbocycles. The van der Waals surface area contributed by atoms with E-state index >= 15 is 0 Å². The van der Waals surface area contributed by atoms with Crippen LogP contribution in [0.2, 0.25) is 0 Å². The molecule has 0 saturated carbocycles. The van der Waals surface area contributed by atoms with Crippen LogP contribution in [0.25, 0.3) is 0 Å². The lowest BCUT2D eigenvalue weighted by molar-refractivity contribution is 0.0890. The Morgan fingerprint density at radius 2 is 1.73 bits per heavy atom. The first-order chi connectivity index (χ1) is 4.99. The highest BCUT2D eigenvalue weighted by atomic mass is 31.2. The molecular weight excluding hydrogens is 175 g/mol. The first-order valence-corrected chi connectivity index (χ1v) is 4.44. The predicted molar refractivity (Wildman–Crippen MR) is 35.7 cm³/mol. The van der Waals surface area contributed by atoms with Crippen LogP contribution in [-0.2, 0) is 9.09 Å². The normalized spacial score (nSPS) is 12.5. The SMILES string of the molecule is O=P(O)(O)OCC(CO)CO. The van der Waals surface area contributed by atoms with E-state index in [1.165, 1.54) is 0 Å². The molecule has 0 atom stereocenters. The third-order valence-corrected chi connectivity index (χ3v) is 1.48. The molecule has 0 aliphatic rings. The second kappa shape index (κ2) is 4.82. The molecule has 0 aromatic rings. The van der Waals surface area contributed by atoms with Crippen LogP contribution in [0.5, 0.6) is 0 Å². The fraction of sp³-hybridized carbons (Fsp3) is 1.00. The number of hydrogen-bond donors (Lipinski definition) is 4. The summed E-state index contributed by atoms with van der Waals surface area (Å²) in [5, 5.41) is 16.9. The second-order valence-electron chi connectivity index (χ2n) is 2.02. The highest BCUT2D eigenvalue weighted by Crippen LogP contribution is 2.36. The molecule has 0 aliphatic heterocycles. The van der Waals surface area contributed by atoms with Gasteiger partial charge in [0, 0.05) is 5.92 Å². The number of hydrogen-bond acceptors (Lipinski definition) is 4. The maximum absolute atomic E-state index is 10.1. The molecule has 0 unspecified atom stereocenters. The summed E-state index contributed by atoms with van der Waals surface area (Å²) >= 11 is 0. The Balaban J connectivity index is 3.59. The molecule has 0 saturated heterocycles. The average Bonchev–Trinajstić information content (AvgIpc) is 1.88. The van der Waals surface area contributed by atoms with Crippen molar-refractivity contribution in [1.29, 1.82) is 0 Å². The molecule has 0 spiro atoms. The molecule has 7 heteroatoms. The molecule has 0 aromatic heterocycles. The Hall–Kier alpha value is 0.0300. The third kappa shape index (κ3) is 6.43. The summed E-state index contributed by atoms with van der Waals surface area (Å²) < 4.78 is 14.1. The number of phosphoric ester groups is 1. The minimum absolute atomic E-state index is 0.350. The summed E-state index contributed by atoms with van der Waals surface area (Å²) in [7, 11) is -4.47. The fourth-order valence-corrected chi connectivity index (χ4v) is 0.771. The van der Waals surface area contributed by atoms with Gasteiger partial charge in [-0.05, 0) is 0 Å². The maximum Gasteiger partial charge on any atom is 0.469 e. The van der Waals surface area contributed by atoms with Gasteiger partial charge in [-0.15, -0.1) is 0 Å². The minimum Gasteiger partial charge on any atom is -0.396 e. The summed E-state index contributed by atoms with van der Waals surface area (Å²) in [5.41, 5.74) is 0. The van der Waals surface area contributed by atoms with Crippen molar-refractivity contribution in [2.24, 2.45) is 5.92 Å². The molecule has 6 nitrogen and oxygen atoms in total. The Bertz CT molecular complexity index is 138. The largest absolute Gasteiger partial charge is 0.469 e. The van der Waals surface area contributed by atoms with Crippen LogP contribution in [0, 0.1) is 5.92 Å². The monoisotopic (exact) mass is 186 g/mol. The molecule has 0 amide bonds. The first kappa shape index (κ1) is 11.0. The van der Waals surface area contributed by atoms with Gasteiger partial charge in [-0.3, -0.25) is 4.52 Å². The van der Waals surface area contributed by atoms with Crippen molar-refractivity contribution in [2.75, 3.05) is 19.8 Å². The standard InChI is InChI=1S/C4H11O6P/c5-1-4(2-6)3-10-11(7,8)9/h4-6H,1-3H2,(H2,7,8,9). The van der Waals surface area contributed by atoms with Crippen molar-refractivity contribution in [1.82, 2.24) is 0 Å². The highest BCUT2D eigenvalue weighted by Gasteiger charge is 2.16. The lowest BCUT2D eigenvalue weighted by atomic mass is 10.2. The summed E-state index contributed by atoms with van der Waals surface area (Å²) in [5.74, 6) is -0.636. The Kier molecular flexibility index (Phi) is 4.83. The molecule has 0 aliphatic carbocycles. The molecule has 11 heavy (non-hydrogen) atoms. The zero-order valence-corrected chi connectivity index (χ0v) is 6.65. The Labute approximate surface area is 63.7 Å². The van der Waals surface area contributed by atoms with Crippen LogP contribution in [0.4, 0.5) is 0 Å². The highest BCUT2D eigenvalue weighted by molar-refractivity contribution is 7.46. The lowest BCUT2D eigenvalue weighted by Gasteiger charge is -2.11. The van der Waals surface area contributed by atoms with Crippen LogP contribution in [0.3, 0.4) is 0 Å². The van der Waals surface area contributed by atoms with E-state index in [2.05, 4.69) is 4.52 Å². The van der Waals surface area contributed by atoms with Gasteiger partial charge in [0.15, 0.2) is 0 Å². The zero-order valence-electron chi connectivity index (χ0n) is 5.75. The van der Waals surface area contributed by atoms with Gasteiger partial charge < -0.3 is 20.0 Å². The van der Waals surface area contributed by atoms with Crippen molar-refractivity contribution >= 4 is 7.82 Å². The molecule has 0 fully saturated rings. The van der Waals surface area contributed by atoms with E-state index in [-0.39, 0.29) is 19.8 Å². The molecule has 0 bridgehead atoms.